The molecule has 4 nitrogen and oxygen atoms in total. The van der Waals surface area contributed by atoms with E-state index in [4.69, 9.17) is 10.8 Å². The number of pyridine rings is 1. The number of aliphatic hydroxyl groups excluding tert-OH is 1. The highest BCUT2D eigenvalue weighted by atomic mass is 16.3. The van der Waals surface area contributed by atoms with E-state index in [1.165, 1.54) is 0 Å². The lowest BCUT2D eigenvalue weighted by Gasteiger charge is -2.06. The molecular weight excluding hydrogens is 216 g/mol. The first kappa shape index (κ1) is 11.3. The number of rotatable bonds is 3. The van der Waals surface area contributed by atoms with E-state index in [0.29, 0.717) is 11.3 Å². The maximum atomic E-state index is 11.3. The van der Waals surface area contributed by atoms with Crippen molar-refractivity contribution in [1.82, 2.24) is 4.98 Å². The van der Waals surface area contributed by atoms with E-state index in [-0.39, 0.29) is 6.61 Å². The number of aliphatic hydroxyl groups is 1. The second-order valence-electron chi connectivity index (χ2n) is 3.62. The summed E-state index contributed by atoms with van der Waals surface area (Å²) in [5, 5.41) is 8.95. The van der Waals surface area contributed by atoms with Gasteiger partial charge in [0.2, 0.25) is 0 Å². The van der Waals surface area contributed by atoms with E-state index in [1.807, 2.05) is 0 Å². The number of primary amides is 1. The summed E-state index contributed by atoms with van der Waals surface area (Å²) < 4.78 is 0. The van der Waals surface area contributed by atoms with E-state index < -0.39 is 5.91 Å². The zero-order valence-electron chi connectivity index (χ0n) is 9.13. The van der Waals surface area contributed by atoms with Crippen LogP contribution in [0.3, 0.4) is 0 Å². The highest BCUT2D eigenvalue weighted by molar-refractivity contribution is 5.98. The van der Waals surface area contributed by atoms with Gasteiger partial charge in [-0.2, -0.15) is 0 Å². The molecule has 4 heteroatoms. The van der Waals surface area contributed by atoms with Gasteiger partial charge in [0, 0.05) is 11.8 Å². The number of amides is 1. The Morgan fingerprint density at radius 1 is 1.24 bits per heavy atom. The number of benzene rings is 1. The molecule has 1 aromatic carbocycles. The molecule has 0 spiro atoms. The molecule has 0 aliphatic rings. The Morgan fingerprint density at radius 3 is 2.53 bits per heavy atom. The fourth-order valence-corrected chi connectivity index (χ4v) is 1.60. The molecule has 1 heterocycles. The van der Waals surface area contributed by atoms with Crippen LogP contribution in [0, 0.1) is 0 Å². The van der Waals surface area contributed by atoms with Crippen LogP contribution in [0.4, 0.5) is 0 Å². The predicted molar refractivity (Wildman–Crippen MR) is 64.1 cm³/mol. The number of aromatic nitrogens is 1. The number of carbonyl (C=O) groups excluding carboxylic acids is 1. The highest BCUT2D eigenvalue weighted by Gasteiger charge is 2.10. The van der Waals surface area contributed by atoms with Crippen LogP contribution in [0.1, 0.15) is 15.9 Å². The third kappa shape index (κ3) is 2.32. The summed E-state index contributed by atoms with van der Waals surface area (Å²) in [4.78, 5) is 15.4. The molecule has 0 unspecified atom stereocenters. The van der Waals surface area contributed by atoms with E-state index in [1.54, 1.807) is 42.6 Å². The molecule has 1 aromatic heterocycles. The van der Waals surface area contributed by atoms with Crippen LogP contribution < -0.4 is 5.73 Å². The van der Waals surface area contributed by atoms with E-state index in [2.05, 4.69) is 4.98 Å². The molecule has 0 fully saturated rings. The van der Waals surface area contributed by atoms with Crippen LogP contribution in [0.2, 0.25) is 0 Å². The van der Waals surface area contributed by atoms with Gasteiger partial charge in [0.05, 0.1) is 17.9 Å². The van der Waals surface area contributed by atoms with Gasteiger partial charge in [0.25, 0.3) is 5.91 Å². The molecule has 2 aromatic rings. The molecule has 0 radical (unpaired) electrons. The summed E-state index contributed by atoms with van der Waals surface area (Å²) in [6.07, 6.45) is 1.61. The Morgan fingerprint density at radius 2 is 1.94 bits per heavy atom. The number of nitrogens with two attached hydrogens (primary N) is 1. The lowest BCUT2D eigenvalue weighted by atomic mass is 10.0. The number of hydrogen-bond acceptors (Lipinski definition) is 3. The third-order valence-electron chi connectivity index (χ3n) is 2.48. The Balaban J connectivity index is 2.48. The molecule has 3 N–H and O–H groups in total. The van der Waals surface area contributed by atoms with E-state index in [9.17, 15) is 4.79 Å². The maximum absolute atomic E-state index is 11.3. The van der Waals surface area contributed by atoms with Crippen molar-refractivity contribution in [2.24, 2.45) is 5.73 Å². The normalized spacial score (nSPS) is 10.2. The summed E-state index contributed by atoms with van der Waals surface area (Å²) in [6.45, 7) is -0.00876. The average molecular weight is 228 g/mol. The average Bonchev–Trinajstić information content (AvgIpc) is 2.39. The van der Waals surface area contributed by atoms with Gasteiger partial charge in [-0.1, -0.05) is 24.3 Å². The van der Waals surface area contributed by atoms with E-state index >= 15 is 0 Å². The van der Waals surface area contributed by atoms with E-state index in [0.717, 1.165) is 11.1 Å². The van der Waals surface area contributed by atoms with Gasteiger partial charge in [-0.15, -0.1) is 0 Å². The number of carbonyl (C=O) groups is 1. The van der Waals surface area contributed by atoms with Crippen molar-refractivity contribution in [1.29, 1.82) is 0 Å². The first-order valence-electron chi connectivity index (χ1n) is 5.17. The molecule has 0 saturated carbocycles. The van der Waals surface area contributed by atoms with Gasteiger partial charge in [-0.3, -0.25) is 9.78 Å². The van der Waals surface area contributed by atoms with Gasteiger partial charge >= 0.3 is 0 Å². The summed E-state index contributed by atoms with van der Waals surface area (Å²) in [5.41, 5.74) is 7.85. The van der Waals surface area contributed by atoms with Crippen molar-refractivity contribution >= 4 is 5.91 Å². The minimum atomic E-state index is -0.501. The quantitative estimate of drug-likeness (QED) is 0.832. The van der Waals surface area contributed by atoms with Crippen LogP contribution in [-0.2, 0) is 6.61 Å². The second kappa shape index (κ2) is 4.76. The highest BCUT2D eigenvalue weighted by Crippen LogP contribution is 2.21. The van der Waals surface area contributed by atoms with Crippen LogP contribution in [0.25, 0.3) is 11.3 Å². The smallest absolute Gasteiger partial charge is 0.250 e. The van der Waals surface area contributed by atoms with Crippen molar-refractivity contribution < 1.29 is 9.90 Å². The molecule has 0 atom stereocenters. The summed E-state index contributed by atoms with van der Waals surface area (Å²) in [6, 6.07) is 10.5. The molecule has 1 amide bonds. The molecule has 0 saturated heterocycles. The SMILES string of the molecule is NC(=O)c1cccnc1-c1ccc(CO)cc1. The topological polar surface area (TPSA) is 76.2 Å². The number of hydrogen-bond donors (Lipinski definition) is 2. The van der Waals surface area contributed by atoms with Crippen LogP contribution >= 0.6 is 0 Å². The van der Waals surface area contributed by atoms with Crippen LogP contribution in [0.5, 0.6) is 0 Å². The Labute approximate surface area is 98.7 Å². The molecule has 2 rings (SSSR count). The Bertz CT molecular complexity index is 535. The van der Waals surface area contributed by atoms with Crippen molar-refractivity contribution in [3.8, 4) is 11.3 Å². The molecule has 0 aliphatic carbocycles. The maximum Gasteiger partial charge on any atom is 0.250 e. The second-order valence-corrected chi connectivity index (χ2v) is 3.62. The Hall–Kier alpha value is -2.20. The molecule has 86 valence electrons. The van der Waals surface area contributed by atoms with Crippen molar-refractivity contribution in [2.75, 3.05) is 0 Å². The van der Waals surface area contributed by atoms with Crippen LogP contribution in [0.15, 0.2) is 42.6 Å². The minimum absolute atomic E-state index is 0.00876. The van der Waals surface area contributed by atoms with Gasteiger partial charge in [-0.05, 0) is 17.7 Å². The number of nitrogens with zero attached hydrogens (tertiary/aromatic N) is 1. The summed E-state index contributed by atoms with van der Waals surface area (Å²) in [7, 11) is 0. The molecule has 17 heavy (non-hydrogen) atoms. The van der Waals surface area contributed by atoms with Crippen molar-refractivity contribution in [2.45, 2.75) is 6.61 Å². The lowest BCUT2D eigenvalue weighted by Crippen LogP contribution is -2.12. The van der Waals surface area contributed by atoms with Gasteiger partial charge in [-0.25, -0.2) is 0 Å². The standard InChI is InChI=1S/C13H12N2O2/c14-13(17)11-2-1-7-15-12(11)10-5-3-9(8-16)4-6-10/h1-7,16H,8H2,(H2,14,17). The summed E-state index contributed by atoms with van der Waals surface area (Å²) in [5.74, 6) is -0.501. The molecule has 0 bridgehead atoms. The first-order chi connectivity index (χ1) is 8.22. The molecule has 0 aliphatic heterocycles. The lowest BCUT2D eigenvalue weighted by molar-refractivity contribution is 0.100. The van der Waals surface area contributed by atoms with Gasteiger partial charge < -0.3 is 10.8 Å². The fourth-order valence-electron chi connectivity index (χ4n) is 1.60. The fraction of sp³-hybridized carbons (Fsp3) is 0.0769. The summed E-state index contributed by atoms with van der Waals surface area (Å²) >= 11 is 0. The van der Waals surface area contributed by atoms with Crippen molar-refractivity contribution in [3.63, 3.8) is 0 Å². The monoisotopic (exact) mass is 228 g/mol. The third-order valence-corrected chi connectivity index (χ3v) is 2.48. The minimum Gasteiger partial charge on any atom is -0.392 e. The van der Waals surface area contributed by atoms with Crippen LogP contribution in [-0.4, -0.2) is 16.0 Å². The van der Waals surface area contributed by atoms with Gasteiger partial charge in [0.15, 0.2) is 0 Å². The zero-order valence-corrected chi connectivity index (χ0v) is 9.13. The first-order valence-corrected chi connectivity index (χ1v) is 5.17. The zero-order chi connectivity index (χ0) is 12.3. The van der Waals surface area contributed by atoms with Gasteiger partial charge in [0.1, 0.15) is 0 Å². The largest absolute Gasteiger partial charge is 0.392 e. The Kier molecular flexibility index (Phi) is 3.16. The molecular formula is C13H12N2O2. The predicted octanol–water partition coefficient (Wildman–Crippen LogP) is 1.34. The van der Waals surface area contributed by atoms with Crippen molar-refractivity contribution in [3.05, 3.63) is 53.7 Å².